The van der Waals surface area contributed by atoms with Gasteiger partial charge in [-0.15, -0.1) is 0 Å². The van der Waals surface area contributed by atoms with Crippen molar-refractivity contribution in [2.24, 2.45) is 23.2 Å². The molecule has 1 aliphatic heterocycles. The number of nitriles is 1. The van der Waals surface area contributed by atoms with E-state index in [4.69, 9.17) is 16.3 Å². The number of amides is 2. The van der Waals surface area contributed by atoms with Crippen molar-refractivity contribution in [3.05, 3.63) is 34.9 Å². The summed E-state index contributed by atoms with van der Waals surface area (Å²) in [5, 5.41) is 16.4. The third kappa shape index (κ3) is 8.70. The number of carbonyl (C=O) groups excluding carboxylic acids is 3. The highest BCUT2D eigenvalue weighted by Gasteiger charge is 2.52. The third-order valence-electron chi connectivity index (χ3n) is 8.59. The lowest BCUT2D eigenvalue weighted by Crippen LogP contribution is -2.44. The topological polar surface area (TPSA) is 108 Å². The van der Waals surface area contributed by atoms with Gasteiger partial charge in [0.25, 0.3) is 0 Å². The standard InChI is InChI=1S/C31H42ClN3O4/c1-30(2,17-22-9-6-10-25(32)14-22)20-39-29(38)34-26(15-21-7-4-3-5-8-21)27(36)16-23(19-33)13-24-18-31(11-12-31)35-28(24)37/h6,9-10,14,21,23-24,26H,3-5,7-8,11-13,15-18,20H2,1-2H3,(H,34,38)(H,35,37)/t23-,24?,26+/m1/s1. The van der Waals surface area contributed by atoms with Gasteiger partial charge >= 0.3 is 6.09 Å². The minimum absolute atomic E-state index is 0.000969. The van der Waals surface area contributed by atoms with E-state index >= 15 is 0 Å². The number of halogens is 1. The number of Topliss-reactive ketones (excluding diaryl/α,β-unsaturated/α-hetero) is 1. The zero-order valence-electron chi connectivity index (χ0n) is 23.3. The van der Waals surface area contributed by atoms with Crippen LogP contribution in [0.3, 0.4) is 0 Å². The first-order chi connectivity index (χ1) is 18.6. The Morgan fingerprint density at radius 2 is 1.97 bits per heavy atom. The molecule has 7 nitrogen and oxygen atoms in total. The Labute approximate surface area is 237 Å². The number of nitrogens with one attached hydrogen (secondary N) is 2. The molecule has 2 amide bonds. The number of benzene rings is 1. The summed E-state index contributed by atoms with van der Waals surface area (Å²) in [6.45, 7) is 4.23. The predicted octanol–water partition coefficient (Wildman–Crippen LogP) is 6.13. The molecule has 8 heteroatoms. The number of ether oxygens (including phenoxy) is 1. The molecule has 0 radical (unpaired) electrons. The number of nitrogens with zero attached hydrogens (tertiary/aromatic N) is 1. The van der Waals surface area contributed by atoms with Crippen molar-refractivity contribution < 1.29 is 19.1 Å². The maximum absolute atomic E-state index is 13.5. The van der Waals surface area contributed by atoms with Gasteiger partial charge in [-0.3, -0.25) is 9.59 Å². The van der Waals surface area contributed by atoms with E-state index in [2.05, 4.69) is 16.7 Å². The Morgan fingerprint density at radius 3 is 2.62 bits per heavy atom. The molecule has 1 aromatic rings. The Morgan fingerprint density at radius 1 is 1.23 bits per heavy atom. The van der Waals surface area contributed by atoms with Gasteiger partial charge in [0.05, 0.1) is 24.6 Å². The molecule has 3 atom stereocenters. The summed E-state index contributed by atoms with van der Waals surface area (Å²) in [6, 6.07) is 9.20. The maximum atomic E-state index is 13.5. The number of ketones is 1. The average molecular weight is 556 g/mol. The van der Waals surface area contributed by atoms with Gasteiger partial charge in [-0.1, -0.05) is 69.7 Å². The monoisotopic (exact) mass is 555 g/mol. The summed E-state index contributed by atoms with van der Waals surface area (Å²) in [5.74, 6) is -0.558. The van der Waals surface area contributed by atoms with Crippen molar-refractivity contribution in [1.29, 1.82) is 5.26 Å². The van der Waals surface area contributed by atoms with Crippen LogP contribution in [0.5, 0.6) is 0 Å². The first-order valence-corrected chi connectivity index (χ1v) is 14.9. The minimum Gasteiger partial charge on any atom is -0.449 e. The van der Waals surface area contributed by atoms with E-state index in [-0.39, 0.29) is 41.6 Å². The van der Waals surface area contributed by atoms with Crippen molar-refractivity contribution in [3.63, 3.8) is 0 Å². The van der Waals surface area contributed by atoms with Gasteiger partial charge in [-0.2, -0.15) is 5.26 Å². The third-order valence-corrected chi connectivity index (χ3v) is 8.82. The molecule has 3 fully saturated rings. The van der Waals surface area contributed by atoms with Crippen LogP contribution in [0.25, 0.3) is 0 Å². The molecule has 1 aromatic carbocycles. The van der Waals surface area contributed by atoms with Crippen LogP contribution in [0.1, 0.15) is 90.0 Å². The van der Waals surface area contributed by atoms with E-state index in [0.29, 0.717) is 30.2 Å². The zero-order chi connectivity index (χ0) is 28.0. The van der Waals surface area contributed by atoms with Crippen LogP contribution < -0.4 is 10.6 Å². The largest absolute Gasteiger partial charge is 0.449 e. The van der Waals surface area contributed by atoms with Crippen LogP contribution in [0.2, 0.25) is 5.02 Å². The molecule has 1 spiro atoms. The van der Waals surface area contributed by atoms with Gasteiger partial charge in [0.2, 0.25) is 5.91 Å². The fourth-order valence-electron chi connectivity index (χ4n) is 6.28. The number of hydrogen-bond donors (Lipinski definition) is 2. The smallest absolute Gasteiger partial charge is 0.407 e. The van der Waals surface area contributed by atoms with Crippen molar-refractivity contribution in [1.82, 2.24) is 10.6 Å². The molecule has 212 valence electrons. The Kier molecular flexibility index (Phi) is 9.59. The second-order valence-corrected chi connectivity index (χ2v) is 13.3. The second kappa shape index (κ2) is 12.7. The number of alkyl carbamates (subject to hydrolysis) is 1. The first-order valence-electron chi connectivity index (χ1n) is 14.5. The number of hydrogen-bond acceptors (Lipinski definition) is 5. The highest BCUT2D eigenvalue weighted by molar-refractivity contribution is 6.30. The fraction of sp³-hybridized carbons (Fsp3) is 0.677. The lowest BCUT2D eigenvalue weighted by atomic mass is 9.82. The average Bonchev–Trinajstić information content (AvgIpc) is 3.57. The quantitative estimate of drug-likeness (QED) is 0.322. The molecule has 1 heterocycles. The van der Waals surface area contributed by atoms with Crippen LogP contribution in [0.4, 0.5) is 4.79 Å². The van der Waals surface area contributed by atoms with Gasteiger partial charge in [0.1, 0.15) is 0 Å². The molecule has 2 N–H and O–H groups in total. The van der Waals surface area contributed by atoms with E-state index in [1.54, 1.807) is 0 Å². The van der Waals surface area contributed by atoms with Crippen molar-refractivity contribution in [3.8, 4) is 6.07 Å². The molecule has 3 aliphatic rings. The van der Waals surface area contributed by atoms with Gasteiger partial charge < -0.3 is 15.4 Å². The molecule has 1 saturated heterocycles. The van der Waals surface area contributed by atoms with Crippen LogP contribution in [0.15, 0.2) is 24.3 Å². The summed E-state index contributed by atoms with van der Waals surface area (Å²) >= 11 is 6.12. The van der Waals surface area contributed by atoms with Crippen LogP contribution in [-0.4, -0.2) is 36.0 Å². The number of rotatable bonds is 12. The number of carbonyl (C=O) groups is 3. The molecule has 2 saturated carbocycles. The highest BCUT2D eigenvalue weighted by atomic mass is 35.5. The highest BCUT2D eigenvalue weighted by Crippen LogP contribution is 2.46. The predicted molar refractivity (Wildman–Crippen MR) is 150 cm³/mol. The van der Waals surface area contributed by atoms with Gasteiger partial charge in [-0.05, 0) is 62.1 Å². The molecular formula is C31H42ClN3O4. The summed E-state index contributed by atoms with van der Waals surface area (Å²) < 4.78 is 5.61. The van der Waals surface area contributed by atoms with Crippen molar-refractivity contribution >= 4 is 29.4 Å². The molecule has 39 heavy (non-hydrogen) atoms. The molecule has 2 aliphatic carbocycles. The normalized spacial score (nSPS) is 22.0. The molecule has 0 bridgehead atoms. The first kappa shape index (κ1) is 29.4. The SMILES string of the molecule is CC(C)(COC(=O)N[C@@H](CC1CCCCC1)C(=O)C[C@H](C#N)CC1CC2(CC2)NC1=O)Cc1cccc(Cl)c1. The zero-order valence-corrected chi connectivity index (χ0v) is 24.0. The molecular weight excluding hydrogens is 514 g/mol. The van der Waals surface area contributed by atoms with Crippen LogP contribution >= 0.6 is 11.6 Å². The molecule has 1 unspecified atom stereocenters. The van der Waals surface area contributed by atoms with E-state index in [9.17, 15) is 19.6 Å². The second-order valence-electron chi connectivity index (χ2n) is 12.9. The summed E-state index contributed by atoms with van der Waals surface area (Å²) in [5.41, 5.74) is 0.687. The lowest BCUT2D eigenvalue weighted by molar-refractivity contribution is -0.124. The summed E-state index contributed by atoms with van der Waals surface area (Å²) in [7, 11) is 0. The van der Waals surface area contributed by atoms with E-state index in [0.717, 1.165) is 50.5 Å². The summed E-state index contributed by atoms with van der Waals surface area (Å²) in [4.78, 5) is 38.7. The van der Waals surface area contributed by atoms with Crippen LogP contribution in [0, 0.1) is 34.5 Å². The van der Waals surface area contributed by atoms with Gasteiger partial charge in [0.15, 0.2) is 5.78 Å². The Balaban J connectivity index is 1.33. The maximum Gasteiger partial charge on any atom is 0.407 e. The van der Waals surface area contributed by atoms with E-state index < -0.39 is 18.1 Å². The molecule has 4 rings (SSSR count). The fourth-order valence-corrected chi connectivity index (χ4v) is 6.49. The minimum atomic E-state index is -0.695. The van der Waals surface area contributed by atoms with Crippen molar-refractivity contribution in [2.45, 2.75) is 102 Å². The van der Waals surface area contributed by atoms with E-state index in [1.165, 1.54) is 6.42 Å². The van der Waals surface area contributed by atoms with Gasteiger partial charge in [0, 0.05) is 28.3 Å². The molecule has 0 aromatic heterocycles. The Bertz CT molecular complexity index is 1090. The van der Waals surface area contributed by atoms with Gasteiger partial charge in [-0.25, -0.2) is 4.79 Å². The lowest BCUT2D eigenvalue weighted by Gasteiger charge is -2.28. The Hall–Kier alpha value is -2.59. The van der Waals surface area contributed by atoms with Crippen molar-refractivity contribution in [2.75, 3.05) is 6.61 Å². The van der Waals surface area contributed by atoms with Crippen LogP contribution in [-0.2, 0) is 20.7 Å². The van der Waals surface area contributed by atoms with E-state index in [1.807, 2.05) is 38.1 Å². The summed E-state index contributed by atoms with van der Waals surface area (Å²) in [6.07, 6.45) is 9.34.